The molecule has 21 heavy (non-hydrogen) atoms. The van der Waals surface area contributed by atoms with Crippen LogP contribution in [-0.4, -0.2) is 6.54 Å². The van der Waals surface area contributed by atoms with Crippen molar-refractivity contribution in [3.8, 4) is 11.5 Å². The predicted octanol–water partition coefficient (Wildman–Crippen LogP) is 4.85. The lowest BCUT2D eigenvalue weighted by Gasteiger charge is -2.11. The van der Waals surface area contributed by atoms with Crippen LogP contribution in [0.3, 0.4) is 0 Å². The van der Waals surface area contributed by atoms with Gasteiger partial charge in [-0.1, -0.05) is 38.1 Å². The molecule has 0 spiro atoms. The number of ether oxygens (including phenoxy) is 1. The molecule has 0 saturated heterocycles. The predicted molar refractivity (Wildman–Crippen MR) is 89.1 cm³/mol. The van der Waals surface area contributed by atoms with E-state index in [0.717, 1.165) is 37.4 Å². The Labute approximate surface area is 128 Å². The van der Waals surface area contributed by atoms with E-state index in [1.807, 2.05) is 12.1 Å². The van der Waals surface area contributed by atoms with Crippen molar-refractivity contribution in [1.82, 2.24) is 5.32 Å². The van der Waals surface area contributed by atoms with Crippen molar-refractivity contribution in [1.29, 1.82) is 0 Å². The van der Waals surface area contributed by atoms with Crippen molar-refractivity contribution in [3.63, 3.8) is 0 Å². The largest absolute Gasteiger partial charge is 0.457 e. The van der Waals surface area contributed by atoms with Gasteiger partial charge in [0.15, 0.2) is 0 Å². The van der Waals surface area contributed by atoms with Crippen LogP contribution in [0.2, 0.25) is 0 Å². The van der Waals surface area contributed by atoms with Gasteiger partial charge >= 0.3 is 0 Å². The van der Waals surface area contributed by atoms with Gasteiger partial charge in [-0.15, -0.1) is 0 Å². The summed E-state index contributed by atoms with van der Waals surface area (Å²) in [5, 5.41) is 3.42. The average molecular weight is 283 g/mol. The fourth-order valence-electron chi connectivity index (χ4n) is 2.30. The highest BCUT2D eigenvalue weighted by atomic mass is 16.5. The van der Waals surface area contributed by atoms with Crippen LogP contribution in [0.15, 0.2) is 42.5 Å². The molecule has 0 atom stereocenters. The van der Waals surface area contributed by atoms with Crippen molar-refractivity contribution >= 4 is 0 Å². The highest BCUT2D eigenvalue weighted by molar-refractivity contribution is 5.40. The third kappa shape index (κ3) is 4.61. The lowest BCUT2D eigenvalue weighted by atomic mass is 10.1. The van der Waals surface area contributed by atoms with E-state index in [2.05, 4.69) is 56.4 Å². The summed E-state index contributed by atoms with van der Waals surface area (Å²) in [4.78, 5) is 0. The highest BCUT2D eigenvalue weighted by Crippen LogP contribution is 2.26. The molecule has 2 nitrogen and oxygen atoms in total. The van der Waals surface area contributed by atoms with Crippen LogP contribution in [0.1, 0.15) is 37.0 Å². The van der Waals surface area contributed by atoms with Gasteiger partial charge in [0.2, 0.25) is 0 Å². The molecule has 0 aliphatic carbocycles. The molecule has 0 heterocycles. The third-order valence-corrected chi connectivity index (χ3v) is 3.53. The Morgan fingerprint density at radius 2 is 1.86 bits per heavy atom. The van der Waals surface area contributed by atoms with Gasteiger partial charge in [0.25, 0.3) is 0 Å². The van der Waals surface area contributed by atoms with Gasteiger partial charge in [0.1, 0.15) is 11.5 Å². The molecule has 112 valence electrons. The number of rotatable bonds is 7. The topological polar surface area (TPSA) is 21.3 Å². The van der Waals surface area contributed by atoms with E-state index in [1.54, 1.807) is 0 Å². The van der Waals surface area contributed by atoms with Crippen LogP contribution < -0.4 is 10.1 Å². The lowest BCUT2D eigenvalue weighted by molar-refractivity contribution is 0.478. The molecule has 0 fully saturated rings. The Kier molecular flexibility index (Phi) is 5.82. The maximum Gasteiger partial charge on any atom is 0.130 e. The molecule has 0 aromatic heterocycles. The van der Waals surface area contributed by atoms with Gasteiger partial charge in [0, 0.05) is 6.54 Å². The molecule has 2 aromatic rings. The van der Waals surface area contributed by atoms with E-state index in [-0.39, 0.29) is 0 Å². The van der Waals surface area contributed by atoms with Crippen molar-refractivity contribution in [2.75, 3.05) is 6.54 Å². The SMILES string of the molecule is CCCNCc1ccc(Oc2cccc(CC)c2)c(C)c1. The number of hydrogen-bond donors (Lipinski definition) is 1. The van der Waals surface area contributed by atoms with Gasteiger partial charge in [-0.2, -0.15) is 0 Å². The Balaban J connectivity index is 2.06. The summed E-state index contributed by atoms with van der Waals surface area (Å²) in [7, 11) is 0. The molecule has 2 rings (SSSR count). The van der Waals surface area contributed by atoms with Gasteiger partial charge < -0.3 is 10.1 Å². The molecule has 2 aromatic carbocycles. The summed E-state index contributed by atoms with van der Waals surface area (Å²) < 4.78 is 6.01. The molecule has 2 heteroatoms. The zero-order valence-electron chi connectivity index (χ0n) is 13.3. The summed E-state index contributed by atoms with van der Waals surface area (Å²) in [6.45, 7) is 8.41. The minimum absolute atomic E-state index is 0.911. The van der Waals surface area contributed by atoms with Crippen LogP contribution >= 0.6 is 0 Å². The number of aryl methyl sites for hydroxylation is 2. The first-order chi connectivity index (χ1) is 10.2. The number of nitrogens with one attached hydrogen (secondary N) is 1. The number of benzene rings is 2. The molecule has 0 aliphatic heterocycles. The number of hydrogen-bond acceptors (Lipinski definition) is 2. The quantitative estimate of drug-likeness (QED) is 0.733. The Morgan fingerprint density at radius 1 is 1.00 bits per heavy atom. The molecule has 0 saturated carbocycles. The van der Waals surface area contributed by atoms with Crippen molar-refractivity contribution in [2.45, 2.75) is 40.2 Å². The van der Waals surface area contributed by atoms with Crippen LogP contribution in [0.25, 0.3) is 0 Å². The maximum absolute atomic E-state index is 6.01. The summed E-state index contributed by atoms with van der Waals surface area (Å²) in [5.41, 5.74) is 3.77. The smallest absolute Gasteiger partial charge is 0.130 e. The van der Waals surface area contributed by atoms with Crippen molar-refractivity contribution < 1.29 is 4.74 Å². The van der Waals surface area contributed by atoms with Gasteiger partial charge in [0.05, 0.1) is 0 Å². The summed E-state index contributed by atoms with van der Waals surface area (Å²) in [6.07, 6.45) is 2.19. The van der Waals surface area contributed by atoms with Crippen molar-refractivity contribution in [2.24, 2.45) is 0 Å². The fourth-order valence-corrected chi connectivity index (χ4v) is 2.30. The average Bonchev–Trinajstić information content (AvgIpc) is 2.50. The minimum atomic E-state index is 0.911. The molecule has 0 bridgehead atoms. The lowest BCUT2D eigenvalue weighted by Crippen LogP contribution is -2.13. The van der Waals surface area contributed by atoms with E-state index in [9.17, 15) is 0 Å². The third-order valence-electron chi connectivity index (χ3n) is 3.53. The summed E-state index contributed by atoms with van der Waals surface area (Å²) >= 11 is 0. The molecule has 1 N–H and O–H groups in total. The fraction of sp³-hybridized carbons (Fsp3) is 0.368. The normalized spacial score (nSPS) is 10.6. The Bertz CT molecular complexity index is 578. The highest BCUT2D eigenvalue weighted by Gasteiger charge is 2.03. The summed E-state index contributed by atoms with van der Waals surface area (Å²) in [5.74, 6) is 1.84. The first kappa shape index (κ1) is 15.6. The first-order valence-corrected chi connectivity index (χ1v) is 7.80. The standard InChI is InChI=1S/C19H25NO/c1-4-11-20-14-17-9-10-19(15(3)12-17)21-18-8-6-7-16(5-2)13-18/h6-10,12-13,20H,4-5,11,14H2,1-3H3. The minimum Gasteiger partial charge on any atom is -0.457 e. The van der Waals surface area contributed by atoms with Gasteiger partial charge in [-0.3, -0.25) is 0 Å². The van der Waals surface area contributed by atoms with E-state index in [1.165, 1.54) is 16.7 Å². The molecule has 0 amide bonds. The maximum atomic E-state index is 6.01. The molecular formula is C19H25NO. The van der Waals surface area contributed by atoms with Crippen LogP contribution in [0.4, 0.5) is 0 Å². The van der Waals surface area contributed by atoms with Crippen LogP contribution in [-0.2, 0) is 13.0 Å². The molecule has 0 radical (unpaired) electrons. The second-order valence-electron chi connectivity index (χ2n) is 5.38. The second-order valence-corrected chi connectivity index (χ2v) is 5.38. The first-order valence-electron chi connectivity index (χ1n) is 7.80. The van der Waals surface area contributed by atoms with Gasteiger partial charge in [-0.25, -0.2) is 0 Å². The van der Waals surface area contributed by atoms with E-state index in [4.69, 9.17) is 4.74 Å². The van der Waals surface area contributed by atoms with Crippen molar-refractivity contribution in [3.05, 3.63) is 59.2 Å². The molecule has 0 aliphatic rings. The zero-order valence-corrected chi connectivity index (χ0v) is 13.3. The van der Waals surface area contributed by atoms with Crippen LogP contribution in [0.5, 0.6) is 11.5 Å². The zero-order chi connectivity index (χ0) is 15.1. The summed E-state index contributed by atoms with van der Waals surface area (Å²) in [6, 6.07) is 14.7. The van der Waals surface area contributed by atoms with E-state index in [0.29, 0.717) is 0 Å². The molecule has 0 unspecified atom stereocenters. The van der Waals surface area contributed by atoms with Crippen LogP contribution in [0, 0.1) is 6.92 Å². The van der Waals surface area contributed by atoms with E-state index >= 15 is 0 Å². The Morgan fingerprint density at radius 3 is 2.57 bits per heavy atom. The monoisotopic (exact) mass is 283 g/mol. The Hall–Kier alpha value is -1.80. The van der Waals surface area contributed by atoms with E-state index < -0.39 is 0 Å². The van der Waals surface area contributed by atoms with Gasteiger partial charge in [-0.05, 0) is 61.2 Å². The second kappa shape index (κ2) is 7.84. The molecular weight excluding hydrogens is 258 g/mol.